The Morgan fingerprint density at radius 3 is 1.90 bits per heavy atom. The van der Waals surface area contributed by atoms with E-state index in [-0.39, 0.29) is 0 Å². The minimum absolute atomic E-state index is 0.447. The molecule has 0 atom stereocenters. The number of hydrogen-bond donors (Lipinski definition) is 1. The summed E-state index contributed by atoms with van der Waals surface area (Å²) in [4.78, 5) is 30.2. The number of aromatic hydroxyl groups is 1. The van der Waals surface area contributed by atoms with Gasteiger partial charge in [-0.15, -0.1) is 0 Å². The van der Waals surface area contributed by atoms with Crippen molar-refractivity contribution in [2.24, 2.45) is 0 Å². The molecule has 0 unspecified atom stereocenters. The van der Waals surface area contributed by atoms with Crippen molar-refractivity contribution in [3.05, 3.63) is 78.4 Å². The maximum absolute atomic E-state index is 10.4. The van der Waals surface area contributed by atoms with Crippen LogP contribution < -0.4 is 0 Å². The van der Waals surface area contributed by atoms with Gasteiger partial charge in [0.15, 0.2) is 0 Å². The van der Waals surface area contributed by atoms with Gasteiger partial charge in [0.25, 0.3) is 11.4 Å². The summed E-state index contributed by atoms with van der Waals surface area (Å²) in [5.74, 6) is 5.19. The maximum Gasteiger partial charge on any atom is 0.324 e. The highest BCUT2D eigenvalue weighted by molar-refractivity contribution is 5.64. The van der Waals surface area contributed by atoms with E-state index in [0.29, 0.717) is 12.1 Å². The second-order valence-corrected chi connectivity index (χ2v) is 6.26. The fraction of sp³-hybridized carbons (Fsp3) is 0.263. The van der Waals surface area contributed by atoms with E-state index in [1.54, 1.807) is 0 Å². The largest absolute Gasteiger partial charge is 0.497 e. The van der Waals surface area contributed by atoms with E-state index in [1.807, 2.05) is 18.2 Å². The van der Waals surface area contributed by atoms with Gasteiger partial charge in [0.2, 0.25) is 0 Å². The quantitative estimate of drug-likeness (QED) is 0.454. The Balaban J connectivity index is 0.000000215. The Labute approximate surface area is 171 Å². The Morgan fingerprint density at radius 1 is 0.900 bits per heavy atom. The summed E-state index contributed by atoms with van der Waals surface area (Å²) in [7, 11) is 0. The first-order valence-electron chi connectivity index (χ1n) is 8.86. The first-order valence-corrected chi connectivity index (χ1v) is 8.86. The Morgan fingerprint density at radius 2 is 1.43 bits per heavy atom. The number of nitro benzene ring substituents is 3. The van der Waals surface area contributed by atoms with Crippen LogP contribution in [0.4, 0.5) is 17.1 Å². The molecule has 0 aliphatic carbocycles. The lowest BCUT2D eigenvalue weighted by atomic mass is 10.2. The molecule has 3 rings (SSSR count). The van der Waals surface area contributed by atoms with Gasteiger partial charge in [0.1, 0.15) is 0 Å². The van der Waals surface area contributed by atoms with Crippen LogP contribution in [0, 0.1) is 42.2 Å². The van der Waals surface area contributed by atoms with Crippen molar-refractivity contribution >= 4 is 17.1 Å². The molecule has 11 nitrogen and oxygen atoms in total. The van der Waals surface area contributed by atoms with Crippen LogP contribution in [-0.4, -0.2) is 44.4 Å². The molecule has 30 heavy (non-hydrogen) atoms. The zero-order chi connectivity index (χ0) is 22.1. The molecule has 1 heterocycles. The summed E-state index contributed by atoms with van der Waals surface area (Å²) in [5, 5.41) is 40.2. The molecule has 0 spiro atoms. The molecule has 1 aliphatic heterocycles. The van der Waals surface area contributed by atoms with E-state index < -0.39 is 37.6 Å². The van der Waals surface area contributed by atoms with Crippen LogP contribution in [-0.2, 0) is 0 Å². The van der Waals surface area contributed by atoms with E-state index in [4.69, 9.17) is 5.11 Å². The highest BCUT2D eigenvalue weighted by Gasteiger charge is 2.30. The van der Waals surface area contributed by atoms with Crippen LogP contribution in [0.1, 0.15) is 18.4 Å². The fourth-order valence-corrected chi connectivity index (χ4v) is 2.69. The lowest BCUT2D eigenvalue weighted by Gasteiger charge is -2.08. The van der Waals surface area contributed by atoms with E-state index in [2.05, 4.69) is 28.9 Å². The second kappa shape index (κ2) is 10.5. The third kappa shape index (κ3) is 6.25. The lowest BCUT2D eigenvalue weighted by molar-refractivity contribution is -0.404. The smallest absolute Gasteiger partial charge is 0.324 e. The van der Waals surface area contributed by atoms with Crippen molar-refractivity contribution in [2.45, 2.75) is 12.8 Å². The van der Waals surface area contributed by atoms with Crippen molar-refractivity contribution in [1.82, 2.24) is 4.90 Å². The fourth-order valence-electron chi connectivity index (χ4n) is 2.69. The van der Waals surface area contributed by atoms with E-state index in [1.165, 1.54) is 25.9 Å². The molecule has 2 aromatic carbocycles. The molecule has 1 aliphatic rings. The van der Waals surface area contributed by atoms with Gasteiger partial charge in [-0.1, -0.05) is 30.0 Å². The van der Waals surface area contributed by atoms with Crippen molar-refractivity contribution in [3.63, 3.8) is 0 Å². The van der Waals surface area contributed by atoms with Crippen LogP contribution in [0.2, 0.25) is 0 Å². The van der Waals surface area contributed by atoms with E-state index in [0.717, 1.165) is 12.1 Å². The molecule has 1 saturated heterocycles. The third-order valence-electron chi connectivity index (χ3n) is 4.17. The van der Waals surface area contributed by atoms with Crippen LogP contribution in [0.3, 0.4) is 0 Å². The molecule has 1 N–H and O–H groups in total. The Hall–Kier alpha value is -4.04. The molecule has 156 valence electrons. The highest BCUT2D eigenvalue weighted by Crippen LogP contribution is 2.38. The predicted octanol–water partition coefficient (Wildman–Crippen LogP) is 3.25. The Bertz CT molecular complexity index is 958. The summed E-state index contributed by atoms with van der Waals surface area (Å²) in [6, 6.07) is 11.1. The van der Waals surface area contributed by atoms with E-state index >= 15 is 0 Å². The van der Waals surface area contributed by atoms with Crippen LogP contribution in [0.15, 0.2) is 42.5 Å². The summed E-state index contributed by atoms with van der Waals surface area (Å²) >= 11 is 0. The zero-order valence-corrected chi connectivity index (χ0v) is 15.8. The van der Waals surface area contributed by atoms with Crippen molar-refractivity contribution in [3.8, 4) is 17.6 Å². The zero-order valence-electron chi connectivity index (χ0n) is 15.8. The SMILES string of the molecule is C(#Cc1ccccc1)CN1CCCC1.O=[N+]([O-])c1cc([N+](=O)[O-])c(O)c([N+](=O)[O-])c1. The number of phenols is 1. The molecule has 0 radical (unpaired) electrons. The molecule has 0 amide bonds. The van der Waals surface area contributed by atoms with Crippen molar-refractivity contribution in [2.75, 3.05) is 19.6 Å². The van der Waals surface area contributed by atoms with Crippen molar-refractivity contribution in [1.29, 1.82) is 0 Å². The molecule has 0 bridgehead atoms. The lowest BCUT2D eigenvalue weighted by Crippen LogP contribution is -2.18. The van der Waals surface area contributed by atoms with Gasteiger partial charge in [0.05, 0.1) is 33.4 Å². The predicted molar refractivity (Wildman–Crippen MR) is 107 cm³/mol. The first-order chi connectivity index (χ1) is 14.3. The van der Waals surface area contributed by atoms with Gasteiger partial charge in [-0.3, -0.25) is 35.2 Å². The molecular formula is C19H18N4O7. The number of nitro groups is 3. The van der Waals surface area contributed by atoms with Gasteiger partial charge in [-0.2, -0.15) is 0 Å². The van der Waals surface area contributed by atoms with Gasteiger partial charge < -0.3 is 5.11 Å². The number of rotatable bonds is 4. The van der Waals surface area contributed by atoms with Gasteiger partial charge in [0, 0.05) is 5.56 Å². The van der Waals surface area contributed by atoms with Gasteiger partial charge in [-0.25, -0.2) is 0 Å². The Kier molecular flexibility index (Phi) is 7.78. The second-order valence-electron chi connectivity index (χ2n) is 6.26. The van der Waals surface area contributed by atoms with Gasteiger partial charge in [-0.05, 0) is 38.1 Å². The topological polar surface area (TPSA) is 153 Å². The van der Waals surface area contributed by atoms with Crippen LogP contribution in [0.25, 0.3) is 0 Å². The highest BCUT2D eigenvalue weighted by atomic mass is 16.6. The molecular weight excluding hydrogens is 396 g/mol. The first kappa shape index (κ1) is 22.3. The number of nitrogens with zero attached hydrogens (tertiary/aromatic N) is 4. The maximum atomic E-state index is 10.4. The molecule has 2 aromatic rings. The van der Waals surface area contributed by atoms with Crippen LogP contribution >= 0.6 is 0 Å². The number of likely N-dealkylation sites (tertiary alicyclic amines) is 1. The average Bonchev–Trinajstić information content (AvgIpc) is 3.22. The number of benzene rings is 2. The van der Waals surface area contributed by atoms with Gasteiger partial charge >= 0.3 is 11.4 Å². The van der Waals surface area contributed by atoms with Crippen molar-refractivity contribution < 1.29 is 19.9 Å². The summed E-state index contributed by atoms with van der Waals surface area (Å²) < 4.78 is 0. The molecule has 0 saturated carbocycles. The number of phenolic OH excluding ortho intramolecular Hbond substituents is 1. The number of hydrogen-bond acceptors (Lipinski definition) is 8. The molecule has 11 heteroatoms. The third-order valence-corrected chi connectivity index (χ3v) is 4.17. The van der Waals surface area contributed by atoms with E-state index in [9.17, 15) is 30.3 Å². The summed E-state index contributed by atoms with van der Waals surface area (Å²) in [6.45, 7) is 3.38. The van der Waals surface area contributed by atoms with Crippen LogP contribution in [0.5, 0.6) is 5.75 Å². The minimum Gasteiger partial charge on any atom is -0.497 e. The normalized spacial score (nSPS) is 12.8. The standard InChI is InChI=1S/C13H15N.C6H3N3O7/c1-2-7-13(8-3-1)9-6-12-14-10-4-5-11-14;10-6-4(8(13)14)1-3(7(11)12)2-5(6)9(15)16/h1-3,7-8H,4-5,10-12H2;1-2,10H. The molecule has 0 aromatic heterocycles. The average molecular weight is 414 g/mol. The minimum atomic E-state index is -1.21. The molecule has 1 fully saturated rings. The number of non-ortho nitro benzene ring substituents is 1. The monoisotopic (exact) mass is 414 g/mol. The summed E-state index contributed by atoms with van der Waals surface area (Å²) in [6.07, 6.45) is 2.68. The summed E-state index contributed by atoms with van der Waals surface area (Å²) in [5.41, 5.74) is -1.88.